The van der Waals surface area contributed by atoms with Crippen molar-refractivity contribution in [3.63, 3.8) is 0 Å². The molecule has 5 rings (SSSR count). The molecule has 1 aromatic carbocycles. The van der Waals surface area contributed by atoms with Crippen LogP contribution in [0.4, 0.5) is 0 Å². The molecule has 0 spiro atoms. The van der Waals surface area contributed by atoms with Gasteiger partial charge in [-0.25, -0.2) is 0 Å². The van der Waals surface area contributed by atoms with E-state index in [-0.39, 0.29) is 13.2 Å². The minimum absolute atomic E-state index is 0.241. The molecule has 0 radical (unpaired) electrons. The molecular weight excluding hydrogens is 274 g/mol. The first kappa shape index (κ1) is 14.5. The van der Waals surface area contributed by atoms with Crippen molar-refractivity contribution in [2.45, 2.75) is 50.0 Å². The second-order valence-corrected chi connectivity index (χ2v) is 7.92. The molecule has 0 aromatic heterocycles. The number of aliphatic hydroxyl groups is 1. The lowest BCUT2D eigenvalue weighted by Crippen LogP contribution is -2.48. The van der Waals surface area contributed by atoms with Crippen LogP contribution < -0.4 is 10.5 Å². The van der Waals surface area contributed by atoms with Crippen LogP contribution in [0.3, 0.4) is 0 Å². The third kappa shape index (κ3) is 2.55. The third-order valence-electron chi connectivity index (χ3n) is 6.22. The molecule has 1 unspecified atom stereocenters. The minimum atomic E-state index is -0.581. The average molecular weight is 301 g/mol. The predicted molar refractivity (Wildman–Crippen MR) is 86.8 cm³/mol. The van der Waals surface area contributed by atoms with Gasteiger partial charge in [-0.05, 0) is 79.4 Å². The minimum Gasteiger partial charge on any atom is -0.491 e. The van der Waals surface area contributed by atoms with Crippen LogP contribution in [-0.2, 0) is 5.41 Å². The number of aliphatic hydroxyl groups excluding tert-OH is 1. The van der Waals surface area contributed by atoms with Crippen molar-refractivity contribution in [2.75, 3.05) is 13.2 Å². The molecule has 4 aliphatic carbocycles. The Morgan fingerprint density at radius 3 is 2.09 bits per heavy atom. The first-order valence-electron chi connectivity index (χ1n) is 8.78. The summed E-state index contributed by atoms with van der Waals surface area (Å²) in [7, 11) is 0. The van der Waals surface area contributed by atoms with Crippen molar-refractivity contribution in [1.29, 1.82) is 0 Å². The molecule has 3 heteroatoms. The van der Waals surface area contributed by atoms with Gasteiger partial charge in [-0.1, -0.05) is 12.1 Å². The Morgan fingerprint density at radius 1 is 1.05 bits per heavy atom. The molecule has 4 bridgehead atoms. The van der Waals surface area contributed by atoms with E-state index in [1.165, 1.54) is 44.1 Å². The molecule has 4 aliphatic rings. The molecule has 0 amide bonds. The van der Waals surface area contributed by atoms with Gasteiger partial charge in [-0.15, -0.1) is 0 Å². The van der Waals surface area contributed by atoms with E-state index in [1.807, 2.05) is 0 Å². The van der Waals surface area contributed by atoms with Gasteiger partial charge in [0.25, 0.3) is 0 Å². The normalized spacial score (nSPS) is 37.3. The molecule has 3 nitrogen and oxygen atoms in total. The van der Waals surface area contributed by atoms with E-state index in [0.717, 1.165) is 23.5 Å². The fourth-order valence-electron chi connectivity index (χ4n) is 5.63. The lowest BCUT2D eigenvalue weighted by molar-refractivity contribution is -0.00521. The van der Waals surface area contributed by atoms with Crippen LogP contribution in [0.1, 0.15) is 44.1 Å². The summed E-state index contributed by atoms with van der Waals surface area (Å²) in [5, 5.41) is 9.48. The van der Waals surface area contributed by atoms with E-state index in [1.54, 1.807) is 0 Å². The summed E-state index contributed by atoms with van der Waals surface area (Å²) in [6.07, 6.45) is 8.05. The van der Waals surface area contributed by atoms with E-state index in [2.05, 4.69) is 24.3 Å². The monoisotopic (exact) mass is 301 g/mol. The summed E-state index contributed by atoms with van der Waals surface area (Å²) in [6.45, 7) is 0.512. The summed E-state index contributed by atoms with van der Waals surface area (Å²) < 4.78 is 5.60. The maximum Gasteiger partial charge on any atom is 0.119 e. The van der Waals surface area contributed by atoms with Crippen LogP contribution in [0.2, 0.25) is 0 Å². The molecule has 0 aliphatic heterocycles. The Morgan fingerprint density at radius 2 is 1.59 bits per heavy atom. The van der Waals surface area contributed by atoms with Gasteiger partial charge in [0.15, 0.2) is 0 Å². The zero-order valence-electron chi connectivity index (χ0n) is 13.2. The number of hydrogen-bond donors (Lipinski definition) is 2. The quantitative estimate of drug-likeness (QED) is 0.879. The Bertz CT molecular complexity index is 489. The summed E-state index contributed by atoms with van der Waals surface area (Å²) in [5.74, 6) is 3.76. The summed E-state index contributed by atoms with van der Waals surface area (Å²) in [6, 6.07) is 8.66. The maximum atomic E-state index is 9.48. The zero-order chi connectivity index (χ0) is 15.2. The molecule has 1 aromatic rings. The van der Waals surface area contributed by atoms with Crippen LogP contribution >= 0.6 is 0 Å². The highest BCUT2D eigenvalue weighted by Crippen LogP contribution is 2.60. The average Bonchev–Trinajstić information content (AvgIpc) is 2.51. The van der Waals surface area contributed by atoms with Crippen molar-refractivity contribution in [3.8, 4) is 5.75 Å². The molecule has 22 heavy (non-hydrogen) atoms. The lowest BCUT2D eigenvalue weighted by Gasteiger charge is -2.57. The molecule has 3 N–H and O–H groups in total. The van der Waals surface area contributed by atoms with Gasteiger partial charge < -0.3 is 15.6 Å². The van der Waals surface area contributed by atoms with Crippen molar-refractivity contribution in [1.82, 2.24) is 0 Å². The highest BCUT2D eigenvalue weighted by atomic mass is 16.5. The highest BCUT2D eigenvalue weighted by Gasteiger charge is 2.51. The molecule has 4 saturated carbocycles. The Balaban J connectivity index is 1.49. The highest BCUT2D eigenvalue weighted by molar-refractivity contribution is 5.34. The second kappa shape index (κ2) is 5.54. The second-order valence-electron chi connectivity index (χ2n) is 7.92. The fraction of sp³-hybridized carbons (Fsp3) is 0.684. The van der Waals surface area contributed by atoms with Gasteiger partial charge >= 0.3 is 0 Å². The molecule has 1 atom stereocenters. The summed E-state index contributed by atoms with van der Waals surface area (Å²) >= 11 is 0. The van der Waals surface area contributed by atoms with E-state index >= 15 is 0 Å². The van der Waals surface area contributed by atoms with Crippen molar-refractivity contribution < 1.29 is 9.84 Å². The van der Waals surface area contributed by atoms with Crippen molar-refractivity contribution >= 4 is 0 Å². The smallest absolute Gasteiger partial charge is 0.119 e. The van der Waals surface area contributed by atoms with Crippen LogP contribution in [0.25, 0.3) is 0 Å². The lowest BCUT2D eigenvalue weighted by atomic mass is 9.48. The van der Waals surface area contributed by atoms with Gasteiger partial charge in [-0.2, -0.15) is 0 Å². The number of nitrogens with two attached hydrogens (primary N) is 1. The predicted octanol–water partition coefficient (Wildman–Crippen LogP) is 2.85. The Kier molecular flexibility index (Phi) is 3.66. The third-order valence-corrected chi connectivity index (χ3v) is 6.22. The van der Waals surface area contributed by atoms with E-state index in [9.17, 15) is 5.11 Å². The number of rotatable bonds is 5. The summed E-state index contributed by atoms with van der Waals surface area (Å²) in [4.78, 5) is 0. The maximum absolute atomic E-state index is 9.48. The zero-order valence-corrected chi connectivity index (χ0v) is 13.2. The van der Waals surface area contributed by atoms with Crippen LogP contribution in [0.5, 0.6) is 5.75 Å². The molecular formula is C19H27NO2. The molecule has 4 fully saturated rings. The first-order chi connectivity index (χ1) is 10.7. The Labute approximate surface area is 132 Å². The van der Waals surface area contributed by atoms with Crippen LogP contribution in [0, 0.1) is 17.8 Å². The van der Waals surface area contributed by atoms with Crippen LogP contribution in [-0.4, -0.2) is 24.4 Å². The van der Waals surface area contributed by atoms with E-state index < -0.39 is 6.10 Å². The molecule has 0 saturated heterocycles. The van der Waals surface area contributed by atoms with Gasteiger partial charge in [0.1, 0.15) is 18.5 Å². The van der Waals surface area contributed by atoms with E-state index in [0.29, 0.717) is 5.41 Å². The van der Waals surface area contributed by atoms with Crippen molar-refractivity contribution in [2.24, 2.45) is 23.5 Å². The van der Waals surface area contributed by atoms with Gasteiger partial charge in [0.05, 0.1) is 0 Å². The molecule has 120 valence electrons. The first-order valence-corrected chi connectivity index (χ1v) is 8.78. The number of benzene rings is 1. The topological polar surface area (TPSA) is 55.5 Å². The number of hydrogen-bond acceptors (Lipinski definition) is 3. The van der Waals surface area contributed by atoms with Crippen molar-refractivity contribution in [3.05, 3.63) is 29.8 Å². The number of ether oxygens (including phenoxy) is 1. The Hall–Kier alpha value is -1.06. The SMILES string of the molecule is NCC(O)COc1ccc(C23CC4CC(CC(C4)C2)C3)cc1. The van der Waals surface area contributed by atoms with Crippen LogP contribution in [0.15, 0.2) is 24.3 Å². The van der Waals surface area contributed by atoms with Gasteiger partial charge in [0, 0.05) is 6.54 Å². The van der Waals surface area contributed by atoms with E-state index in [4.69, 9.17) is 10.5 Å². The standard InChI is InChI=1S/C19H27NO2/c20-11-17(21)12-22-18-3-1-16(2-4-18)19-8-13-5-14(9-19)7-15(6-13)10-19/h1-4,13-15,17,21H,5-12,20H2. The fourth-order valence-corrected chi connectivity index (χ4v) is 5.63. The van der Waals surface area contributed by atoms with Gasteiger partial charge in [0.2, 0.25) is 0 Å². The molecule has 0 heterocycles. The summed E-state index contributed by atoms with van der Waals surface area (Å²) in [5.41, 5.74) is 7.36. The van der Waals surface area contributed by atoms with Gasteiger partial charge in [-0.3, -0.25) is 0 Å². The largest absolute Gasteiger partial charge is 0.491 e.